The predicted molar refractivity (Wildman–Crippen MR) is 82.2 cm³/mol. The molecule has 0 heterocycles. The molecule has 0 bridgehead atoms. The van der Waals surface area contributed by atoms with Crippen LogP contribution in [0.5, 0.6) is 0 Å². The van der Waals surface area contributed by atoms with E-state index in [9.17, 15) is 4.79 Å². The lowest BCUT2D eigenvalue weighted by Gasteiger charge is -2.39. The molecule has 1 fully saturated rings. The standard InChI is InChI=1S/C17H26N2O/c1-13-7-6-8-14(11-13)12-19(3)16(20)15-9-4-5-10-17(15,2)18/h6-8,11,15H,4-5,9-10,12,18H2,1-3H3. The van der Waals surface area contributed by atoms with Crippen LogP contribution in [0.4, 0.5) is 0 Å². The fourth-order valence-electron chi connectivity index (χ4n) is 3.19. The first-order valence-electron chi connectivity index (χ1n) is 7.49. The van der Waals surface area contributed by atoms with Crippen molar-refractivity contribution in [2.45, 2.75) is 51.6 Å². The molecule has 0 aliphatic heterocycles. The van der Waals surface area contributed by atoms with Crippen LogP contribution in [-0.2, 0) is 11.3 Å². The molecule has 2 atom stereocenters. The molecule has 0 spiro atoms. The highest BCUT2D eigenvalue weighted by molar-refractivity contribution is 5.80. The number of aryl methyl sites for hydroxylation is 1. The number of carbonyl (C=O) groups excluding carboxylic acids is 1. The van der Waals surface area contributed by atoms with Crippen LogP contribution in [0.2, 0.25) is 0 Å². The van der Waals surface area contributed by atoms with E-state index >= 15 is 0 Å². The number of hydrogen-bond acceptors (Lipinski definition) is 2. The summed E-state index contributed by atoms with van der Waals surface area (Å²) in [6.45, 7) is 4.76. The number of amides is 1. The van der Waals surface area contributed by atoms with E-state index in [4.69, 9.17) is 5.73 Å². The van der Waals surface area contributed by atoms with E-state index in [1.54, 1.807) is 0 Å². The van der Waals surface area contributed by atoms with Crippen molar-refractivity contribution >= 4 is 5.91 Å². The van der Waals surface area contributed by atoms with Crippen molar-refractivity contribution in [3.63, 3.8) is 0 Å². The summed E-state index contributed by atoms with van der Waals surface area (Å²) in [5, 5.41) is 0. The van der Waals surface area contributed by atoms with Crippen LogP contribution in [0.25, 0.3) is 0 Å². The quantitative estimate of drug-likeness (QED) is 0.921. The smallest absolute Gasteiger partial charge is 0.227 e. The van der Waals surface area contributed by atoms with Gasteiger partial charge in [-0.25, -0.2) is 0 Å². The average Bonchev–Trinajstić information content (AvgIpc) is 2.37. The summed E-state index contributed by atoms with van der Waals surface area (Å²) >= 11 is 0. The molecule has 1 aliphatic carbocycles. The monoisotopic (exact) mass is 274 g/mol. The largest absolute Gasteiger partial charge is 0.341 e. The maximum Gasteiger partial charge on any atom is 0.227 e. The fourth-order valence-corrected chi connectivity index (χ4v) is 3.19. The first-order chi connectivity index (χ1) is 9.40. The number of nitrogens with two attached hydrogens (primary N) is 1. The second-order valence-corrected chi connectivity index (χ2v) is 6.49. The van der Waals surface area contributed by atoms with E-state index in [0.717, 1.165) is 25.7 Å². The van der Waals surface area contributed by atoms with Gasteiger partial charge in [0, 0.05) is 19.1 Å². The molecule has 2 unspecified atom stereocenters. The maximum atomic E-state index is 12.6. The summed E-state index contributed by atoms with van der Waals surface area (Å²) in [6.07, 6.45) is 4.12. The van der Waals surface area contributed by atoms with Gasteiger partial charge in [0.1, 0.15) is 0 Å². The van der Waals surface area contributed by atoms with Gasteiger partial charge in [-0.15, -0.1) is 0 Å². The Hall–Kier alpha value is -1.35. The summed E-state index contributed by atoms with van der Waals surface area (Å²) in [6, 6.07) is 8.31. The van der Waals surface area contributed by atoms with E-state index in [2.05, 4.69) is 25.1 Å². The van der Waals surface area contributed by atoms with Crippen LogP contribution in [0.15, 0.2) is 24.3 Å². The molecule has 1 aromatic carbocycles. The molecule has 2 rings (SSSR count). The van der Waals surface area contributed by atoms with Gasteiger partial charge in [0.25, 0.3) is 0 Å². The highest BCUT2D eigenvalue weighted by atomic mass is 16.2. The summed E-state index contributed by atoms with van der Waals surface area (Å²) in [7, 11) is 1.88. The van der Waals surface area contributed by atoms with Crippen molar-refractivity contribution < 1.29 is 4.79 Å². The van der Waals surface area contributed by atoms with Crippen LogP contribution in [0, 0.1) is 12.8 Å². The molecule has 1 aromatic rings. The minimum Gasteiger partial charge on any atom is -0.341 e. The van der Waals surface area contributed by atoms with Crippen LogP contribution >= 0.6 is 0 Å². The number of nitrogens with zero attached hydrogens (tertiary/aromatic N) is 1. The average molecular weight is 274 g/mol. The summed E-state index contributed by atoms with van der Waals surface area (Å²) in [4.78, 5) is 14.5. The molecule has 3 heteroatoms. The van der Waals surface area contributed by atoms with Gasteiger partial charge < -0.3 is 10.6 Å². The Morgan fingerprint density at radius 3 is 2.85 bits per heavy atom. The van der Waals surface area contributed by atoms with E-state index in [-0.39, 0.29) is 17.4 Å². The first kappa shape index (κ1) is 15.0. The third kappa shape index (κ3) is 3.40. The normalized spacial score (nSPS) is 26.3. The minimum atomic E-state index is -0.351. The van der Waals surface area contributed by atoms with Crippen molar-refractivity contribution in [3.8, 4) is 0 Å². The molecule has 2 N–H and O–H groups in total. The Balaban J connectivity index is 2.05. The van der Waals surface area contributed by atoms with Gasteiger partial charge in [-0.05, 0) is 32.3 Å². The lowest BCUT2D eigenvalue weighted by atomic mass is 9.74. The second kappa shape index (κ2) is 5.96. The van der Waals surface area contributed by atoms with Gasteiger partial charge in [0.2, 0.25) is 5.91 Å². The third-order valence-corrected chi connectivity index (χ3v) is 4.43. The highest BCUT2D eigenvalue weighted by Crippen LogP contribution is 2.32. The molecule has 20 heavy (non-hydrogen) atoms. The molecule has 1 aliphatic rings. The molecule has 1 amide bonds. The molecule has 0 radical (unpaired) electrons. The molecule has 0 aromatic heterocycles. The second-order valence-electron chi connectivity index (χ2n) is 6.49. The van der Waals surface area contributed by atoms with Crippen LogP contribution in [0.3, 0.4) is 0 Å². The Bertz CT molecular complexity index is 482. The number of hydrogen-bond donors (Lipinski definition) is 1. The maximum absolute atomic E-state index is 12.6. The van der Waals surface area contributed by atoms with Crippen molar-refractivity contribution in [2.75, 3.05) is 7.05 Å². The lowest BCUT2D eigenvalue weighted by molar-refractivity contribution is -0.138. The van der Waals surface area contributed by atoms with Gasteiger partial charge >= 0.3 is 0 Å². The Labute approximate surface area is 122 Å². The zero-order valence-electron chi connectivity index (χ0n) is 12.9. The van der Waals surface area contributed by atoms with Gasteiger partial charge in [0.15, 0.2) is 0 Å². The van der Waals surface area contributed by atoms with Gasteiger partial charge in [-0.3, -0.25) is 4.79 Å². The zero-order chi connectivity index (χ0) is 14.8. The molecule has 0 saturated heterocycles. The van der Waals surface area contributed by atoms with Gasteiger partial charge in [0.05, 0.1) is 5.92 Å². The summed E-state index contributed by atoms with van der Waals surface area (Å²) < 4.78 is 0. The van der Waals surface area contributed by atoms with E-state index < -0.39 is 0 Å². The van der Waals surface area contributed by atoms with Gasteiger partial charge in [-0.2, -0.15) is 0 Å². The SMILES string of the molecule is Cc1cccc(CN(C)C(=O)C2CCCCC2(C)N)c1. The molecule has 1 saturated carbocycles. The van der Waals surface area contributed by atoms with Crippen molar-refractivity contribution in [1.82, 2.24) is 4.90 Å². The predicted octanol–water partition coefficient (Wildman–Crippen LogP) is 2.86. The Kier molecular flexibility index (Phi) is 4.48. The summed E-state index contributed by atoms with van der Waals surface area (Å²) in [5.74, 6) is 0.155. The van der Waals surface area contributed by atoms with Gasteiger partial charge in [-0.1, -0.05) is 42.7 Å². The minimum absolute atomic E-state index is 0.0361. The van der Waals surface area contributed by atoms with Crippen molar-refractivity contribution in [2.24, 2.45) is 11.7 Å². The summed E-state index contributed by atoms with van der Waals surface area (Å²) in [5.41, 5.74) is 8.38. The van der Waals surface area contributed by atoms with Crippen LogP contribution in [-0.4, -0.2) is 23.4 Å². The van der Waals surface area contributed by atoms with E-state index in [1.807, 2.05) is 24.9 Å². The zero-order valence-corrected chi connectivity index (χ0v) is 12.9. The van der Waals surface area contributed by atoms with Crippen LogP contribution in [0.1, 0.15) is 43.7 Å². The van der Waals surface area contributed by atoms with E-state index in [0.29, 0.717) is 6.54 Å². The Morgan fingerprint density at radius 2 is 2.20 bits per heavy atom. The fraction of sp³-hybridized carbons (Fsp3) is 0.588. The Morgan fingerprint density at radius 1 is 1.45 bits per heavy atom. The number of benzene rings is 1. The highest BCUT2D eigenvalue weighted by Gasteiger charge is 2.38. The van der Waals surface area contributed by atoms with E-state index in [1.165, 1.54) is 11.1 Å². The van der Waals surface area contributed by atoms with Crippen LogP contribution < -0.4 is 5.73 Å². The van der Waals surface area contributed by atoms with Crippen molar-refractivity contribution in [3.05, 3.63) is 35.4 Å². The lowest BCUT2D eigenvalue weighted by Crippen LogP contribution is -2.53. The number of rotatable bonds is 3. The number of carbonyl (C=O) groups is 1. The van der Waals surface area contributed by atoms with Crippen molar-refractivity contribution in [1.29, 1.82) is 0 Å². The molecule has 110 valence electrons. The molecular formula is C17H26N2O. The molecule has 3 nitrogen and oxygen atoms in total. The topological polar surface area (TPSA) is 46.3 Å². The third-order valence-electron chi connectivity index (χ3n) is 4.43. The first-order valence-corrected chi connectivity index (χ1v) is 7.49. The molecular weight excluding hydrogens is 248 g/mol.